The maximum atomic E-state index is 14.0. The van der Waals surface area contributed by atoms with Crippen molar-refractivity contribution in [3.8, 4) is 0 Å². The maximum Gasteiger partial charge on any atom is 0.264 e. The van der Waals surface area contributed by atoms with Gasteiger partial charge in [0.25, 0.3) is 10.0 Å². The van der Waals surface area contributed by atoms with Gasteiger partial charge >= 0.3 is 0 Å². The van der Waals surface area contributed by atoms with Gasteiger partial charge in [-0.05, 0) is 78.9 Å². The SMILES string of the molecule is CC[C@H](C(=O)NCC(C)C)N(Cc1ccc(F)cc1)C(=O)CN(c1cccc(C)c1)S(=O)(=O)c1ccc(Cl)cc1. The van der Waals surface area contributed by atoms with Crippen LogP contribution in [0.4, 0.5) is 10.1 Å². The standard InChI is InChI=1S/C30H35ClFN3O4S/c1-5-28(30(37)33-18-21(2)3)34(19-23-9-13-25(32)14-10-23)29(36)20-35(26-8-6-7-22(4)17-26)40(38,39)27-15-11-24(31)12-16-27/h6-17,21,28H,5,18-20H2,1-4H3,(H,33,37)/t28-/m1/s1. The number of halogens is 2. The highest BCUT2D eigenvalue weighted by atomic mass is 35.5. The lowest BCUT2D eigenvalue weighted by Crippen LogP contribution is -2.52. The molecule has 0 saturated heterocycles. The molecule has 0 fully saturated rings. The van der Waals surface area contributed by atoms with E-state index in [-0.39, 0.29) is 23.3 Å². The number of anilines is 1. The molecule has 3 rings (SSSR count). The van der Waals surface area contributed by atoms with Gasteiger partial charge in [0.2, 0.25) is 11.8 Å². The number of nitrogens with one attached hydrogen (secondary N) is 1. The lowest BCUT2D eigenvalue weighted by molar-refractivity contribution is -0.140. The number of carbonyl (C=O) groups excluding carboxylic acids is 2. The first kappa shape index (κ1) is 31.1. The molecule has 0 aliphatic heterocycles. The van der Waals surface area contributed by atoms with E-state index in [1.807, 2.05) is 26.8 Å². The van der Waals surface area contributed by atoms with Crippen LogP contribution in [0, 0.1) is 18.7 Å². The normalized spacial score (nSPS) is 12.2. The van der Waals surface area contributed by atoms with Crippen molar-refractivity contribution in [3.63, 3.8) is 0 Å². The fraction of sp³-hybridized carbons (Fsp3) is 0.333. The molecule has 0 unspecified atom stereocenters. The molecule has 0 aliphatic carbocycles. The van der Waals surface area contributed by atoms with E-state index in [2.05, 4.69) is 5.32 Å². The van der Waals surface area contributed by atoms with Gasteiger partial charge in [0.05, 0.1) is 10.6 Å². The Balaban J connectivity index is 2.04. The first-order valence-electron chi connectivity index (χ1n) is 13.1. The third-order valence-corrected chi connectivity index (χ3v) is 8.35. The molecule has 0 aromatic heterocycles. The summed E-state index contributed by atoms with van der Waals surface area (Å²) < 4.78 is 42.3. The van der Waals surface area contributed by atoms with Crippen LogP contribution in [0.25, 0.3) is 0 Å². The third-order valence-electron chi connectivity index (χ3n) is 6.31. The predicted octanol–water partition coefficient (Wildman–Crippen LogP) is 5.56. The van der Waals surface area contributed by atoms with Crippen molar-refractivity contribution < 1.29 is 22.4 Å². The molecule has 40 heavy (non-hydrogen) atoms. The molecule has 0 saturated carbocycles. The average molecular weight is 588 g/mol. The van der Waals surface area contributed by atoms with E-state index in [0.717, 1.165) is 9.87 Å². The van der Waals surface area contributed by atoms with Crippen LogP contribution < -0.4 is 9.62 Å². The largest absolute Gasteiger partial charge is 0.354 e. The number of hydrogen-bond donors (Lipinski definition) is 1. The molecular weight excluding hydrogens is 553 g/mol. The highest BCUT2D eigenvalue weighted by molar-refractivity contribution is 7.92. The Bertz CT molecular complexity index is 1410. The predicted molar refractivity (Wildman–Crippen MR) is 156 cm³/mol. The lowest BCUT2D eigenvalue weighted by atomic mass is 10.1. The summed E-state index contributed by atoms with van der Waals surface area (Å²) in [6.45, 7) is 7.40. The lowest BCUT2D eigenvalue weighted by Gasteiger charge is -2.33. The zero-order chi connectivity index (χ0) is 29.4. The Morgan fingerprint density at radius 2 is 1.65 bits per heavy atom. The quantitative estimate of drug-likeness (QED) is 0.300. The summed E-state index contributed by atoms with van der Waals surface area (Å²) in [7, 11) is -4.19. The average Bonchev–Trinajstić information content (AvgIpc) is 2.91. The molecule has 0 heterocycles. The van der Waals surface area contributed by atoms with Gasteiger partial charge in [-0.25, -0.2) is 12.8 Å². The number of hydrogen-bond acceptors (Lipinski definition) is 4. The van der Waals surface area contributed by atoms with Crippen molar-refractivity contribution in [2.24, 2.45) is 5.92 Å². The van der Waals surface area contributed by atoms with Gasteiger partial charge in [0, 0.05) is 18.1 Å². The number of aryl methyl sites for hydroxylation is 1. The Morgan fingerprint density at radius 3 is 2.23 bits per heavy atom. The molecular formula is C30H35ClFN3O4S. The highest BCUT2D eigenvalue weighted by Crippen LogP contribution is 2.26. The summed E-state index contributed by atoms with van der Waals surface area (Å²) in [5.74, 6) is -1.14. The van der Waals surface area contributed by atoms with E-state index in [1.165, 1.54) is 53.4 Å². The van der Waals surface area contributed by atoms with Crippen LogP contribution in [0.1, 0.15) is 38.3 Å². The molecule has 3 aromatic rings. The zero-order valence-electron chi connectivity index (χ0n) is 23.1. The fourth-order valence-electron chi connectivity index (χ4n) is 4.17. The summed E-state index contributed by atoms with van der Waals surface area (Å²) >= 11 is 5.99. The molecule has 1 N–H and O–H groups in total. The van der Waals surface area contributed by atoms with E-state index >= 15 is 0 Å². The van der Waals surface area contributed by atoms with Crippen LogP contribution in [-0.2, 0) is 26.2 Å². The number of amides is 2. The van der Waals surface area contributed by atoms with Crippen LogP contribution in [0.2, 0.25) is 5.02 Å². The van der Waals surface area contributed by atoms with Crippen LogP contribution in [-0.4, -0.2) is 44.3 Å². The van der Waals surface area contributed by atoms with E-state index in [0.29, 0.717) is 29.2 Å². The minimum absolute atomic E-state index is 0.00459. The molecule has 0 aliphatic rings. The second-order valence-electron chi connectivity index (χ2n) is 10.0. The number of rotatable bonds is 12. The summed E-state index contributed by atoms with van der Waals surface area (Å²) in [4.78, 5) is 28.5. The topological polar surface area (TPSA) is 86.8 Å². The van der Waals surface area contributed by atoms with E-state index in [4.69, 9.17) is 11.6 Å². The third kappa shape index (κ3) is 8.05. The Morgan fingerprint density at radius 1 is 1.00 bits per heavy atom. The first-order chi connectivity index (χ1) is 18.9. The van der Waals surface area contributed by atoms with Gasteiger partial charge in [-0.15, -0.1) is 0 Å². The van der Waals surface area contributed by atoms with E-state index in [1.54, 1.807) is 25.1 Å². The van der Waals surface area contributed by atoms with Gasteiger partial charge in [0.15, 0.2) is 0 Å². The zero-order valence-corrected chi connectivity index (χ0v) is 24.7. The van der Waals surface area contributed by atoms with E-state index in [9.17, 15) is 22.4 Å². The molecule has 0 radical (unpaired) electrons. The van der Waals surface area contributed by atoms with Crippen molar-refractivity contribution in [1.29, 1.82) is 0 Å². The first-order valence-corrected chi connectivity index (χ1v) is 14.9. The second kappa shape index (κ2) is 13.8. The van der Waals surface area contributed by atoms with Crippen LogP contribution >= 0.6 is 11.6 Å². The molecule has 3 aromatic carbocycles. The van der Waals surface area contributed by atoms with Gasteiger partial charge in [0.1, 0.15) is 18.4 Å². The Kier molecular flexibility index (Phi) is 10.7. The Labute approximate surface area is 241 Å². The summed E-state index contributed by atoms with van der Waals surface area (Å²) in [5.41, 5.74) is 1.72. The summed E-state index contributed by atoms with van der Waals surface area (Å²) in [6, 6.07) is 17.3. The minimum atomic E-state index is -4.19. The summed E-state index contributed by atoms with van der Waals surface area (Å²) in [5, 5.41) is 3.26. The molecule has 0 bridgehead atoms. The molecule has 1 atom stereocenters. The van der Waals surface area contributed by atoms with Crippen LogP contribution in [0.15, 0.2) is 77.7 Å². The maximum absolute atomic E-state index is 14.0. The number of nitrogens with zero attached hydrogens (tertiary/aromatic N) is 2. The van der Waals surface area contributed by atoms with Gasteiger partial charge in [-0.1, -0.05) is 56.6 Å². The minimum Gasteiger partial charge on any atom is -0.354 e. The van der Waals surface area contributed by atoms with Crippen LogP contribution in [0.3, 0.4) is 0 Å². The number of sulfonamides is 1. The monoisotopic (exact) mass is 587 g/mol. The number of carbonyl (C=O) groups is 2. The molecule has 214 valence electrons. The van der Waals surface area contributed by atoms with Gasteiger partial charge in [-0.3, -0.25) is 13.9 Å². The van der Waals surface area contributed by atoms with E-state index < -0.39 is 34.3 Å². The van der Waals surface area contributed by atoms with Crippen molar-refractivity contribution >= 4 is 39.1 Å². The Hall–Kier alpha value is -3.43. The molecule has 2 amide bonds. The van der Waals surface area contributed by atoms with Gasteiger partial charge < -0.3 is 10.2 Å². The van der Waals surface area contributed by atoms with Gasteiger partial charge in [-0.2, -0.15) is 0 Å². The molecule has 7 nitrogen and oxygen atoms in total. The van der Waals surface area contributed by atoms with Crippen molar-refractivity contribution in [1.82, 2.24) is 10.2 Å². The second-order valence-corrected chi connectivity index (χ2v) is 12.3. The summed E-state index contributed by atoms with van der Waals surface area (Å²) in [6.07, 6.45) is 0.297. The van der Waals surface area contributed by atoms with Crippen LogP contribution in [0.5, 0.6) is 0 Å². The fourth-order valence-corrected chi connectivity index (χ4v) is 5.71. The highest BCUT2D eigenvalue weighted by Gasteiger charge is 2.33. The van der Waals surface area contributed by atoms with Crippen molar-refractivity contribution in [3.05, 3.63) is 94.8 Å². The van der Waals surface area contributed by atoms with Crippen molar-refractivity contribution in [2.75, 3.05) is 17.4 Å². The molecule has 10 heteroatoms. The smallest absolute Gasteiger partial charge is 0.264 e. The molecule has 0 spiro atoms. The van der Waals surface area contributed by atoms with Crippen molar-refractivity contribution in [2.45, 2.75) is 51.6 Å². The number of benzene rings is 3.